The SMILES string of the molecule is COc1ccc2c(c1)C(=O)N(C[C@@]1(C#Cc3c(C)[nH]c(=O)[nH]c3=O)NC(=O)NC1=O)C2.COc1ccc2c(c1)C(=O)N(C[C@@]1(C#Cc3ccc(C(C)=O)cc3)NC(=O)NC1=O)C2.COc1ccc2c(c1)C(=O)N(C[C@@]1(C#Cc3cnc4nc[nH]c4c3)NC(=O)NC1=O)C2.COc1ccc2c(c1)C(=O)N(C[C@@]1(C#Cc3cncc(-c4nnn(C(C)C)n4)c3)NC(=O)NC1=O)C2. The van der Waals surface area contributed by atoms with Crippen LogP contribution < -0.4 is 72.7 Å². The first kappa shape index (κ1) is 86.3. The zero-order valence-electron chi connectivity index (χ0n) is 69.6. The van der Waals surface area contributed by atoms with Gasteiger partial charge in [0.25, 0.3) is 52.8 Å². The molecule has 10 aromatic rings. The van der Waals surface area contributed by atoms with Crippen molar-refractivity contribution in [3.8, 4) is 81.7 Å². The first-order valence-corrected chi connectivity index (χ1v) is 39.3. The van der Waals surface area contributed by atoms with Gasteiger partial charge in [-0.3, -0.25) is 79.2 Å². The summed E-state index contributed by atoms with van der Waals surface area (Å²) in [6, 6.07) is 28.1. The Morgan fingerprint density at radius 2 is 0.845 bits per heavy atom. The van der Waals surface area contributed by atoms with Crippen molar-refractivity contribution < 1.29 is 81.3 Å². The molecule has 0 bridgehead atoms. The fourth-order valence-electron chi connectivity index (χ4n) is 14.8. The lowest BCUT2D eigenvalue weighted by molar-refractivity contribution is -0.123. The van der Waals surface area contributed by atoms with Crippen molar-refractivity contribution in [2.75, 3.05) is 54.6 Å². The van der Waals surface area contributed by atoms with E-state index in [2.05, 4.69) is 135 Å². The third-order valence-electron chi connectivity index (χ3n) is 21.5. The predicted octanol–water partition coefficient (Wildman–Crippen LogP) is 1.91. The predicted molar refractivity (Wildman–Crippen MR) is 450 cm³/mol. The molecule has 8 aliphatic heterocycles. The molecule has 18 rings (SSSR count). The minimum Gasteiger partial charge on any atom is -0.497 e. The topological polar surface area (TPSA) is 532 Å². The molecular formula is C88H74N22O19. The van der Waals surface area contributed by atoms with E-state index in [0.717, 1.165) is 22.3 Å². The number of nitrogens with zero attached hydrogens (tertiary/aromatic N) is 11. The number of aryl methyl sites for hydroxylation is 1. The van der Waals surface area contributed by atoms with Crippen LogP contribution in [0.2, 0.25) is 0 Å². The van der Waals surface area contributed by atoms with Crippen LogP contribution in [0.3, 0.4) is 0 Å². The summed E-state index contributed by atoms with van der Waals surface area (Å²) in [5, 5.41) is 31.4. The Bertz CT molecular complexity index is 6890. The number of amides is 16. The second kappa shape index (κ2) is 34.9. The highest BCUT2D eigenvalue weighted by atomic mass is 16.5. The molecule has 4 atom stereocenters. The summed E-state index contributed by atoms with van der Waals surface area (Å²) in [4.78, 5) is 212. The molecule has 5 aromatic carbocycles. The second-order valence-electron chi connectivity index (χ2n) is 30.5. The van der Waals surface area contributed by atoms with E-state index in [-0.39, 0.29) is 92.5 Å². The van der Waals surface area contributed by atoms with Gasteiger partial charge < -0.3 is 69.8 Å². The Hall–Kier alpha value is -17.6. The number of imidazole rings is 1. The van der Waals surface area contributed by atoms with E-state index in [9.17, 15) is 71.9 Å². The number of ether oxygens (including phenoxy) is 4. The molecule has 0 spiro atoms. The lowest BCUT2D eigenvalue weighted by Crippen LogP contribution is -2.54. The lowest BCUT2D eigenvalue weighted by atomic mass is 9.98. The number of methoxy groups -OCH3 is 4. The molecule has 129 heavy (non-hydrogen) atoms. The number of ketones is 1. The molecule has 13 heterocycles. The van der Waals surface area contributed by atoms with Gasteiger partial charge in [0.15, 0.2) is 11.4 Å². The molecule has 0 saturated carbocycles. The molecule has 41 heteroatoms. The van der Waals surface area contributed by atoms with E-state index in [1.54, 1.807) is 109 Å². The van der Waals surface area contributed by atoms with Gasteiger partial charge in [0.05, 0.1) is 72.5 Å². The van der Waals surface area contributed by atoms with Gasteiger partial charge in [0, 0.05) is 101 Å². The number of urea groups is 4. The van der Waals surface area contributed by atoms with E-state index >= 15 is 0 Å². The quantitative estimate of drug-likeness (QED) is 0.0397. The van der Waals surface area contributed by atoms with Gasteiger partial charge in [-0.05, 0) is 128 Å². The number of tetrazole rings is 1. The Kier molecular flexibility index (Phi) is 23.4. The van der Waals surface area contributed by atoms with Gasteiger partial charge in [-0.2, -0.15) is 4.80 Å². The lowest BCUT2D eigenvalue weighted by Gasteiger charge is -2.26. The third kappa shape index (κ3) is 17.7. The molecule has 650 valence electrons. The summed E-state index contributed by atoms with van der Waals surface area (Å²) in [5.41, 5.74) is 1.18. The highest BCUT2D eigenvalue weighted by molar-refractivity contribution is 6.13. The zero-order valence-corrected chi connectivity index (χ0v) is 69.6. The average molecular weight is 1740 g/mol. The number of imide groups is 4. The van der Waals surface area contributed by atoms with Crippen LogP contribution in [0.15, 0.2) is 144 Å². The molecule has 0 radical (unpaired) electrons. The molecular weight excluding hydrogens is 1670 g/mol. The minimum atomic E-state index is -1.77. The molecule has 4 fully saturated rings. The zero-order chi connectivity index (χ0) is 91.5. The van der Waals surface area contributed by atoms with Gasteiger partial charge in [0.2, 0.25) is 28.0 Å². The van der Waals surface area contributed by atoms with Gasteiger partial charge in [-0.1, -0.05) is 83.8 Å². The first-order valence-electron chi connectivity index (χ1n) is 39.3. The van der Waals surface area contributed by atoms with E-state index in [0.29, 0.717) is 96.6 Å². The number of carbonyl (C=O) groups excluding carboxylic acids is 13. The van der Waals surface area contributed by atoms with Crippen molar-refractivity contribution in [3.05, 3.63) is 233 Å². The molecule has 0 aliphatic carbocycles. The van der Waals surface area contributed by atoms with Crippen molar-refractivity contribution in [1.29, 1.82) is 0 Å². The van der Waals surface area contributed by atoms with E-state index in [1.807, 2.05) is 19.9 Å². The van der Waals surface area contributed by atoms with Crippen LogP contribution in [0.1, 0.15) is 129 Å². The molecule has 41 nitrogen and oxygen atoms in total. The number of carbonyl (C=O) groups is 13. The number of aromatic nitrogens is 10. The van der Waals surface area contributed by atoms with Gasteiger partial charge >= 0.3 is 29.8 Å². The van der Waals surface area contributed by atoms with Gasteiger partial charge in [0.1, 0.15) is 28.6 Å². The van der Waals surface area contributed by atoms with Crippen LogP contribution >= 0.6 is 0 Å². The van der Waals surface area contributed by atoms with Gasteiger partial charge in [-0.25, -0.2) is 33.9 Å². The largest absolute Gasteiger partial charge is 0.497 e. The van der Waals surface area contributed by atoms with Crippen molar-refractivity contribution >= 4 is 88.3 Å². The van der Waals surface area contributed by atoms with Crippen LogP contribution in [0.4, 0.5) is 19.2 Å². The molecule has 8 aliphatic rings. The highest BCUT2D eigenvalue weighted by Gasteiger charge is 2.53. The van der Waals surface area contributed by atoms with E-state index in [1.165, 1.54) is 85.4 Å². The highest BCUT2D eigenvalue weighted by Crippen LogP contribution is 2.34. The number of Topliss-reactive ketones (excluding diaryl/α,β-unsaturated/α-hetero) is 1. The van der Waals surface area contributed by atoms with Crippen LogP contribution in [-0.4, -0.2) is 224 Å². The van der Waals surface area contributed by atoms with Crippen LogP contribution in [0.5, 0.6) is 23.0 Å². The number of benzene rings is 5. The van der Waals surface area contributed by atoms with Crippen LogP contribution in [0.25, 0.3) is 22.6 Å². The number of rotatable bonds is 15. The molecule has 16 amide bonds. The van der Waals surface area contributed by atoms with Crippen molar-refractivity contribution in [2.45, 2.75) is 82.1 Å². The molecule has 4 saturated heterocycles. The van der Waals surface area contributed by atoms with Crippen LogP contribution in [-0.2, 0) is 45.4 Å². The summed E-state index contributed by atoms with van der Waals surface area (Å²) in [5.74, 6) is 21.2. The number of hydrogen-bond acceptors (Lipinski definition) is 25. The number of H-pyrrole nitrogens is 3. The van der Waals surface area contributed by atoms with E-state index in [4.69, 9.17) is 18.9 Å². The van der Waals surface area contributed by atoms with Crippen molar-refractivity contribution in [2.24, 2.45) is 0 Å². The average Bonchev–Trinajstić information content (AvgIpc) is 1.64. The summed E-state index contributed by atoms with van der Waals surface area (Å²) < 4.78 is 20.7. The first-order chi connectivity index (χ1) is 61.8. The minimum absolute atomic E-state index is 0.0482. The fourth-order valence-corrected chi connectivity index (χ4v) is 14.8. The van der Waals surface area contributed by atoms with Crippen molar-refractivity contribution in [1.82, 2.24) is 112 Å². The van der Waals surface area contributed by atoms with Gasteiger partial charge in [-0.15, -0.1) is 10.2 Å². The smallest absolute Gasteiger partial charge is 0.325 e. The summed E-state index contributed by atoms with van der Waals surface area (Å²) >= 11 is 0. The number of nitrogens with one attached hydrogen (secondary N) is 11. The number of pyridine rings is 2. The molecule has 5 aromatic heterocycles. The number of fused-ring (bicyclic) bond motifs is 5. The standard InChI is InChI=1S/C24H22N8O4.C23H19N3O5.C21H16N6O4.C20H17N5O6/c1-14(2)32-29-20(28-30-32)17-8-15(10-25-11-17)6-7-24(22(34)26-23(35)27-24)13-31-12-16-4-5-18(36-3)9-19(16)21(31)33;1-14(27)16-5-3-15(4-6-16)9-10-23(21(29)24-22(30)25-23)13-26-12-17-7-8-18(31-2)11-19(17)20(26)28;1-31-14-3-2-13-9-27(18(28)15(13)7-14)10-21(19(29)25-20(30)26-21)5-4-12-6-16-17(22-8-12)24-11-23-16;1-10-13(15(26)22-18(29)21-10)5-6-20(17(28)23-19(30)24-20)9-25-8-11-3-4-12(31-2)7-14(11)16(25)27/h4-5,8-11,14H,12-13H2,1-3H3,(H2,26,27,34,35);3-8,11H,12-13H2,1-2H3,(H2,24,25,29,30);2-3,6-8,11H,9-10H2,1H3,(H,22,23,24)(H2,25,26,29,30);3-4,7H,8-9H2,1-2H3,(H2,21,22,26,29)(H2,23,24,28,30)/t24-;23-;21-;20-/m1111/s1. The maximum Gasteiger partial charge on any atom is 0.325 e. The molecule has 11 N–H and O–H groups in total. The fraction of sp³-hybridized carbons (Fsp3) is 0.239. The Morgan fingerprint density at radius 3 is 1.20 bits per heavy atom. The normalized spacial score (nSPS) is 19.2. The Labute approximate surface area is 729 Å². The Morgan fingerprint density at radius 1 is 0.457 bits per heavy atom. The summed E-state index contributed by atoms with van der Waals surface area (Å²) in [6.45, 7) is 7.30. The van der Waals surface area contributed by atoms with E-state index < -0.39 is 81.2 Å². The summed E-state index contributed by atoms with van der Waals surface area (Å²) in [6.07, 6.45) is 6.16. The maximum atomic E-state index is 13.1. The second-order valence-corrected chi connectivity index (χ2v) is 30.5. The third-order valence-corrected chi connectivity index (χ3v) is 21.5. The van der Waals surface area contributed by atoms with Crippen LogP contribution in [0, 0.1) is 54.3 Å². The number of hydrogen-bond donors (Lipinski definition) is 11. The number of aromatic amines is 3. The Balaban J connectivity index is 0.000000132. The monoisotopic (exact) mass is 1740 g/mol. The van der Waals surface area contributed by atoms with Crippen molar-refractivity contribution in [3.63, 3.8) is 0 Å². The maximum absolute atomic E-state index is 13.1. The summed E-state index contributed by atoms with van der Waals surface area (Å²) in [7, 11) is 6.05. The molecule has 0 unspecified atom stereocenters.